The first-order chi connectivity index (χ1) is 14.5. The average Bonchev–Trinajstić information content (AvgIpc) is 3.03. The van der Waals surface area contributed by atoms with Crippen molar-refractivity contribution in [3.63, 3.8) is 0 Å². The molecular formula is C23H23N3O4. The highest BCUT2D eigenvalue weighted by Gasteiger charge is 2.44. The molecule has 0 N–H and O–H groups in total. The lowest BCUT2D eigenvalue weighted by Gasteiger charge is -2.37. The molecule has 2 aliphatic heterocycles. The molecule has 2 heterocycles. The summed E-state index contributed by atoms with van der Waals surface area (Å²) in [5.41, 5.74) is 1.53. The number of carbonyl (C=O) groups excluding carboxylic acids is 4. The summed E-state index contributed by atoms with van der Waals surface area (Å²) in [7, 11) is 0. The second kappa shape index (κ2) is 8.10. The zero-order valence-electron chi connectivity index (χ0n) is 16.8. The summed E-state index contributed by atoms with van der Waals surface area (Å²) in [6.45, 7) is 3.16. The predicted octanol–water partition coefficient (Wildman–Crippen LogP) is 1.58. The Morgan fingerprint density at radius 2 is 1.30 bits per heavy atom. The second-order valence-corrected chi connectivity index (χ2v) is 7.56. The van der Waals surface area contributed by atoms with E-state index in [0.717, 1.165) is 10.5 Å². The standard InChI is InChI=1S/C23H23N3O4/c1-16(27)24-11-13-25(14-12-24)23(30)20(15-17-7-3-2-4-8-17)26-21(28)18-9-5-6-10-19(18)22(26)29/h2-10,20H,11-15H2,1H3. The Labute approximate surface area is 174 Å². The summed E-state index contributed by atoms with van der Waals surface area (Å²) < 4.78 is 0. The molecule has 0 aliphatic carbocycles. The van der Waals surface area contributed by atoms with Gasteiger partial charge in [-0.2, -0.15) is 0 Å². The first-order valence-corrected chi connectivity index (χ1v) is 10.0. The van der Waals surface area contributed by atoms with E-state index in [4.69, 9.17) is 0 Å². The molecule has 1 atom stereocenters. The van der Waals surface area contributed by atoms with Gasteiger partial charge in [-0.25, -0.2) is 0 Å². The third-order valence-corrected chi connectivity index (χ3v) is 5.73. The zero-order valence-corrected chi connectivity index (χ0v) is 16.8. The fourth-order valence-electron chi connectivity index (χ4n) is 4.07. The van der Waals surface area contributed by atoms with Crippen LogP contribution in [0.15, 0.2) is 54.6 Å². The maximum Gasteiger partial charge on any atom is 0.262 e. The minimum absolute atomic E-state index is 0.0247. The van der Waals surface area contributed by atoms with Gasteiger partial charge in [-0.3, -0.25) is 24.1 Å². The molecular weight excluding hydrogens is 382 g/mol. The molecule has 2 aromatic carbocycles. The SMILES string of the molecule is CC(=O)N1CCN(C(=O)C(Cc2ccccc2)N2C(=O)c3ccccc3C2=O)CC1. The van der Waals surface area contributed by atoms with Gasteiger partial charge in [-0.1, -0.05) is 42.5 Å². The highest BCUT2D eigenvalue weighted by Crippen LogP contribution is 2.27. The van der Waals surface area contributed by atoms with Crippen molar-refractivity contribution in [3.05, 3.63) is 71.3 Å². The number of nitrogens with zero attached hydrogens (tertiary/aromatic N) is 3. The summed E-state index contributed by atoms with van der Waals surface area (Å²) in [5, 5.41) is 0. The number of imide groups is 1. The van der Waals surface area contributed by atoms with Crippen LogP contribution in [0.3, 0.4) is 0 Å². The molecule has 0 saturated carbocycles. The van der Waals surface area contributed by atoms with E-state index in [-0.39, 0.29) is 18.2 Å². The van der Waals surface area contributed by atoms with Crippen LogP contribution < -0.4 is 0 Å². The highest BCUT2D eigenvalue weighted by molar-refractivity contribution is 6.22. The Balaban J connectivity index is 1.62. The van der Waals surface area contributed by atoms with Crippen molar-refractivity contribution in [2.45, 2.75) is 19.4 Å². The van der Waals surface area contributed by atoms with E-state index >= 15 is 0 Å². The van der Waals surface area contributed by atoms with Gasteiger partial charge in [0.25, 0.3) is 11.8 Å². The molecule has 7 heteroatoms. The summed E-state index contributed by atoms with van der Waals surface area (Å²) in [6.07, 6.45) is 0.248. The van der Waals surface area contributed by atoms with Crippen LogP contribution in [0.1, 0.15) is 33.2 Å². The summed E-state index contributed by atoms with van der Waals surface area (Å²) in [5.74, 6) is -1.17. The van der Waals surface area contributed by atoms with Crippen LogP contribution >= 0.6 is 0 Å². The lowest BCUT2D eigenvalue weighted by molar-refractivity contribution is -0.141. The molecule has 7 nitrogen and oxygen atoms in total. The largest absolute Gasteiger partial charge is 0.339 e. The fraction of sp³-hybridized carbons (Fsp3) is 0.304. The van der Waals surface area contributed by atoms with E-state index in [1.807, 2.05) is 30.3 Å². The van der Waals surface area contributed by atoms with Crippen molar-refractivity contribution in [3.8, 4) is 0 Å². The summed E-state index contributed by atoms with van der Waals surface area (Å²) >= 11 is 0. The monoisotopic (exact) mass is 405 g/mol. The van der Waals surface area contributed by atoms with Gasteiger partial charge < -0.3 is 9.80 Å². The summed E-state index contributed by atoms with van der Waals surface area (Å²) in [4.78, 5) is 55.6. The first kappa shape index (κ1) is 19.8. The third-order valence-electron chi connectivity index (χ3n) is 5.73. The molecule has 0 aromatic heterocycles. The van der Waals surface area contributed by atoms with Crippen LogP contribution in [0.4, 0.5) is 0 Å². The molecule has 1 fully saturated rings. The van der Waals surface area contributed by atoms with Crippen LogP contribution in [0.2, 0.25) is 0 Å². The van der Waals surface area contributed by atoms with Crippen molar-refractivity contribution in [1.82, 2.24) is 14.7 Å². The minimum Gasteiger partial charge on any atom is -0.339 e. The van der Waals surface area contributed by atoms with E-state index in [9.17, 15) is 19.2 Å². The molecule has 4 rings (SSSR count). The molecule has 2 aliphatic rings. The number of benzene rings is 2. The Kier molecular flexibility index (Phi) is 5.35. The number of hydrogen-bond donors (Lipinski definition) is 0. The topological polar surface area (TPSA) is 78.0 Å². The van der Waals surface area contributed by atoms with E-state index in [2.05, 4.69) is 0 Å². The van der Waals surface area contributed by atoms with E-state index in [0.29, 0.717) is 37.3 Å². The van der Waals surface area contributed by atoms with Crippen molar-refractivity contribution in [2.24, 2.45) is 0 Å². The Hall–Kier alpha value is -3.48. The minimum atomic E-state index is -0.927. The van der Waals surface area contributed by atoms with Crippen molar-refractivity contribution in [2.75, 3.05) is 26.2 Å². The van der Waals surface area contributed by atoms with Crippen LogP contribution in [-0.4, -0.2) is 70.5 Å². The Morgan fingerprint density at radius 3 is 1.83 bits per heavy atom. The fourth-order valence-corrected chi connectivity index (χ4v) is 4.07. The number of hydrogen-bond acceptors (Lipinski definition) is 4. The normalized spacial score (nSPS) is 17.2. The quantitative estimate of drug-likeness (QED) is 0.724. The average molecular weight is 405 g/mol. The molecule has 0 spiro atoms. The molecule has 0 radical (unpaired) electrons. The molecule has 2 aromatic rings. The Bertz CT molecular complexity index is 962. The van der Waals surface area contributed by atoms with Gasteiger partial charge >= 0.3 is 0 Å². The van der Waals surface area contributed by atoms with Gasteiger partial charge in [0, 0.05) is 39.5 Å². The first-order valence-electron chi connectivity index (χ1n) is 10.0. The van der Waals surface area contributed by atoms with Crippen molar-refractivity contribution < 1.29 is 19.2 Å². The van der Waals surface area contributed by atoms with Crippen LogP contribution in [-0.2, 0) is 16.0 Å². The van der Waals surface area contributed by atoms with E-state index in [1.54, 1.807) is 34.1 Å². The maximum absolute atomic E-state index is 13.5. The maximum atomic E-state index is 13.5. The van der Waals surface area contributed by atoms with Gasteiger partial charge in [0.2, 0.25) is 11.8 Å². The van der Waals surface area contributed by atoms with Gasteiger partial charge in [0.1, 0.15) is 6.04 Å². The lowest BCUT2D eigenvalue weighted by Crippen LogP contribution is -2.57. The van der Waals surface area contributed by atoms with Crippen molar-refractivity contribution in [1.29, 1.82) is 0 Å². The van der Waals surface area contributed by atoms with E-state index in [1.165, 1.54) is 6.92 Å². The second-order valence-electron chi connectivity index (χ2n) is 7.56. The zero-order chi connectivity index (χ0) is 21.3. The van der Waals surface area contributed by atoms with E-state index < -0.39 is 17.9 Å². The van der Waals surface area contributed by atoms with Crippen LogP contribution in [0.5, 0.6) is 0 Å². The molecule has 1 saturated heterocycles. The molecule has 30 heavy (non-hydrogen) atoms. The summed E-state index contributed by atoms with van der Waals surface area (Å²) in [6, 6.07) is 15.1. The number of fused-ring (bicyclic) bond motifs is 1. The molecule has 154 valence electrons. The Morgan fingerprint density at radius 1 is 0.800 bits per heavy atom. The molecule has 4 amide bonds. The lowest BCUT2D eigenvalue weighted by atomic mass is 10.0. The highest BCUT2D eigenvalue weighted by atomic mass is 16.2. The number of rotatable bonds is 4. The number of carbonyl (C=O) groups is 4. The van der Waals surface area contributed by atoms with Gasteiger partial charge in [0.05, 0.1) is 11.1 Å². The van der Waals surface area contributed by atoms with Gasteiger partial charge in [-0.15, -0.1) is 0 Å². The third kappa shape index (κ3) is 3.58. The number of amides is 4. The van der Waals surface area contributed by atoms with Crippen LogP contribution in [0, 0.1) is 0 Å². The smallest absolute Gasteiger partial charge is 0.262 e. The molecule has 0 bridgehead atoms. The molecule has 1 unspecified atom stereocenters. The number of piperazine rings is 1. The van der Waals surface area contributed by atoms with Gasteiger partial charge in [-0.05, 0) is 17.7 Å². The van der Waals surface area contributed by atoms with Crippen molar-refractivity contribution >= 4 is 23.6 Å². The van der Waals surface area contributed by atoms with Crippen LogP contribution in [0.25, 0.3) is 0 Å². The predicted molar refractivity (Wildman–Crippen MR) is 110 cm³/mol. The van der Waals surface area contributed by atoms with Gasteiger partial charge in [0.15, 0.2) is 0 Å².